The monoisotopic (exact) mass is 386 g/mol. The maximum Gasteiger partial charge on any atom is 0.289 e. The van der Waals surface area contributed by atoms with Crippen LogP contribution in [0.2, 0.25) is 0 Å². The van der Waals surface area contributed by atoms with Gasteiger partial charge in [-0.2, -0.15) is 4.31 Å². The van der Waals surface area contributed by atoms with E-state index in [0.717, 1.165) is 12.6 Å². The average Bonchev–Trinajstić information content (AvgIpc) is 2.93. The molecule has 0 saturated carbocycles. The number of sulfonamides is 1. The van der Waals surface area contributed by atoms with Crippen molar-refractivity contribution < 1.29 is 27.2 Å². The van der Waals surface area contributed by atoms with E-state index in [1.165, 1.54) is 4.31 Å². The van der Waals surface area contributed by atoms with Gasteiger partial charge in [-0.1, -0.05) is 0 Å². The maximum absolute atomic E-state index is 12.7. The highest BCUT2D eigenvalue weighted by Crippen LogP contribution is 2.25. The number of hydrogen-bond donors (Lipinski definition) is 2. The molecule has 0 bridgehead atoms. The summed E-state index contributed by atoms with van der Waals surface area (Å²) < 4.78 is 36.0. The molecule has 2 aliphatic rings. The summed E-state index contributed by atoms with van der Waals surface area (Å²) in [5, 5.41) is 5.48. The van der Waals surface area contributed by atoms with E-state index in [-0.39, 0.29) is 18.8 Å². The Hall–Kier alpha value is -1.98. The van der Waals surface area contributed by atoms with Gasteiger partial charge in [-0.25, -0.2) is 13.4 Å². The number of hydrogen-bond acceptors (Lipinski definition) is 7. The van der Waals surface area contributed by atoms with E-state index in [9.17, 15) is 18.0 Å². The topological polar surface area (TPSA) is 131 Å². The lowest BCUT2D eigenvalue weighted by molar-refractivity contribution is -0.125. The molecule has 0 aromatic carbocycles. The van der Waals surface area contributed by atoms with Crippen LogP contribution in [0.15, 0.2) is 10.8 Å². The van der Waals surface area contributed by atoms with Gasteiger partial charge in [0.05, 0.1) is 17.5 Å². The Labute approximate surface area is 151 Å². The molecule has 1 unspecified atom stereocenters. The lowest BCUT2D eigenvalue weighted by atomic mass is 9.90. The van der Waals surface area contributed by atoms with Crippen molar-refractivity contribution in [1.82, 2.24) is 19.9 Å². The quantitative estimate of drug-likeness (QED) is 0.683. The van der Waals surface area contributed by atoms with Crippen molar-refractivity contribution in [3.05, 3.63) is 17.8 Å². The van der Waals surface area contributed by atoms with Gasteiger partial charge in [0.15, 0.2) is 6.39 Å². The van der Waals surface area contributed by atoms with Gasteiger partial charge >= 0.3 is 0 Å². The fourth-order valence-electron chi connectivity index (χ4n) is 3.23. The number of nitrogens with zero attached hydrogens (tertiary/aromatic N) is 2. The van der Waals surface area contributed by atoms with Gasteiger partial charge < -0.3 is 19.8 Å². The molecule has 1 atom stereocenters. The number of carbonyl (C=O) groups excluding carboxylic acids is 2. The minimum Gasteiger partial charge on any atom is -0.438 e. The SMILES string of the molecule is Cc1ncoc1C(=O)NC1CN(S(C)(=O)=O)CC2(CCOCC2)NC1=O. The lowest BCUT2D eigenvalue weighted by Gasteiger charge is -2.38. The number of aryl methyl sites for hydroxylation is 1. The molecule has 1 spiro atoms. The van der Waals surface area contributed by atoms with Gasteiger partial charge in [0.25, 0.3) is 5.91 Å². The fraction of sp³-hybridized carbons (Fsp3) is 0.667. The number of oxazole rings is 1. The first kappa shape index (κ1) is 18.8. The van der Waals surface area contributed by atoms with Crippen molar-refractivity contribution in [3.63, 3.8) is 0 Å². The first-order valence-electron chi connectivity index (χ1n) is 8.26. The van der Waals surface area contributed by atoms with Crippen molar-refractivity contribution in [2.24, 2.45) is 0 Å². The van der Waals surface area contributed by atoms with Crippen LogP contribution in [-0.2, 0) is 19.6 Å². The zero-order valence-corrected chi connectivity index (χ0v) is 15.5. The maximum atomic E-state index is 12.7. The smallest absolute Gasteiger partial charge is 0.289 e. The van der Waals surface area contributed by atoms with E-state index in [2.05, 4.69) is 15.6 Å². The van der Waals surface area contributed by atoms with E-state index in [1.807, 2.05) is 0 Å². The number of ether oxygens (including phenoxy) is 1. The third-order valence-electron chi connectivity index (χ3n) is 4.75. The van der Waals surface area contributed by atoms with Crippen LogP contribution in [0.3, 0.4) is 0 Å². The normalized spacial score (nSPS) is 24.1. The Kier molecular flexibility index (Phi) is 5.04. The summed E-state index contributed by atoms with van der Waals surface area (Å²) in [5.74, 6) is -1.05. The minimum absolute atomic E-state index is 0.00580. The fourth-order valence-corrected chi connectivity index (χ4v) is 4.13. The lowest BCUT2D eigenvalue weighted by Crippen LogP contribution is -2.58. The van der Waals surface area contributed by atoms with E-state index >= 15 is 0 Å². The Bertz CT molecular complexity index is 799. The molecule has 3 rings (SSSR count). The molecule has 0 radical (unpaired) electrons. The summed E-state index contributed by atoms with van der Waals surface area (Å²) in [4.78, 5) is 28.9. The third-order valence-corrected chi connectivity index (χ3v) is 5.96. The molecule has 1 aromatic rings. The predicted octanol–water partition coefficient (Wildman–Crippen LogP) is -0.978. The molecule has 1 aromatic heterocycles. The van der Waals surface area contributed by atoms with Gasteiger partial charge in [-0.3, -0.25) is 9.59 Å². The van der Waals surface area contributed by atoms with E-state index in [1.54, 1.807) is 6.92 Å². The second-order valence-electron chi connectivity index (χ2n) is 6.73. The highest BCUT2D eigenvalue weighted by atomic mass is 32.2. The van der Waals surface area contributed by atoms with Crippen LogP contribution in [0.4, 0.5) is 0 Å². The minimum atomic E-state index is -3.57. The van der Waals surface area contributed by atoms with Crippen LogP contribution in [0.25, 0.3) is 0 Å². The summed E-state index contributed by atoms with van der Waals surface area (Å²) >= 11 is 0. The second kappa shape index (κ2) is 6.97. The van der Waals surface area contributed by atoms with Crippen molar-refractivity contribution in [3.8, 4) is 0 Å². The molecule has 0 aliphatic carbocycles. The average molecular weight is 386 g/mol. The summed E-state index contributed by atoms with van der Waals surface area (Å²) in [6, 6.07) is -1.04. The predicted molar refractivity (Wildman–Crippen MR) is 89.8 cm³/mol. The molecule has 2 N–H and O–H groups in total. The van der Waals surface area contributed by atoms with Crippen LogP contribution in [-0.4, -0.2) is 73.7 Å². The zero-order chi connectivity index (χ0) is 18.9. The molecule has 26 heavy (non-hydrogen) atoms. The molecule has 2 aliphatic heterocycles. The molecule has 3 heterocycles. The summed E-state index contributed by atoms with van der Waals surface area (Å²) in [5.41, 5.74) is -0.308. The highest BCUT2D eigenvalue weighted by molar-refractivity contribution is 7.88. The summed E-state index contributed by atoms with van der Waals surface area (Å²) in [6.45, 7) is 2.48. The Morgan fingerprint density at radius 1 is 1.42 bits per heavy atom. The zero-order valence-electron chi connectivity index (χ0n) is 14.6. The molecule has 11 heteroatoms. The molecule has 2 saturated heterocycles. The Morgan fingerprint density at radius 3 is 2.69 bits per heavy atom. The third kappa shape index (κ3) is 3.89. The van der Waals surface area contributed by atoms with Crippen LogP contribution >= 0.6 is 0 Å². The van der Waals surface area contributed by atoms with Crippen LogP contribution < -0.4 is 10.6 Å². The van der Waals surface area contributed by atoms with Crippen molar-refractivity contribution in [1.29, 1.82) is 0 Å². The van der Waals surface area contributed by atoms with Crippen molar-refractivity contribution in [2.45, 2.75) is 31.3 Å². The number of rotatable bonds is 3. The summed E-state index contributed by atoms with van der Waals surface area (Å²) in [7, 11) is -3.57. The van der Waals surface area contributed by atoms with Crippen LogP contribution in [0, 0.1) is 6.92 Å². The largest absolute Gasteiger partial charge is 0.438 e. The molecular weight excluding hydrogens is 364 g/mol. The molecule has 10 nitrogen and oxygen atoms in total. The van der Waals surface area contributed by atoms with Crippen LogP contribution in [0.5, 0.6) is 0 Å². The van der Waals surface area contributed by atoms with Gasteiger partial charge in [0.1, 0.15) is 6.04 Å². The van der Waals surface area contributed by atoms with Gasteiger partial charge in [-0.05, 0) is 19.8 Å². The summed E-state index contributed by atoms with van der Waals surface area (Å²) in [6.07, 6.45) is 3.24. The number of carbonyl (C=O) groups is 2. The van der Waals surface area contributed by atoms with Crippen molar-refractivity contribution in [2.75, 3.05) is 32.6 Å². The first-order chi connectivity index (χ1) is 12.2. The standard InChI is InChI=1S/C15H22N4O6S/c1-10-12(25-9-16-10)14(21)17-11-7-19(26(2,22)23)8-15(18-13(11)20)3-5-24-6-4-15/h9,11H,3-8H2,1-2H3,(H,17,21)(H,18,20). The second-order valence-corrected chi connectivity index (χ2v) is 8.71. The van der Waals surface area contributed by atoms with Crippen molar-refractivity contribution >= 4 is 21.8 Å². The van der Waals surface area contributed by atoms with E-state index in [4.69, 9.17) is 9.15 Å². The van der Waals surface area contributed by atoms with Crippen LogP contribution in [0.1, 0.15) is 29.1 Å². The molecule has 144 valence electrons. The van der Waals surface area contributed by atoms with E-state index < -0.39 is 33.4 Å². The molecule has 2 amide bonds. The van der Waals surface area contributed by atoms with Gasteiger partial charge in [0, 0.05) is 26.3 Å². The Balaban J connectivity index is 1.85. The number of aromatic nitrogens is 1. The van der Waals surface area contributed by atoms with Gasteiger partial charge in [-0.15, -0.1) is 0 Å². The van der Waals surface area contributed by atoms with Gasteiger partial charge in [0.2, 0.25) is 21.7 Å². The highest BCUT2D eigenvalue weighted by Gasteiger charge is 2.44. The molecular formula is C15H22N4O6S. The van der Waals surface area contributed by atoms with E-state index in [0.29, 0.717) is 31.7 Å². The number of amides is 2. The number of nitrogens with one attached hydrogen (secondary N) is 2. The first-order valence-corrected chi connectivity index (χ1v) is 10.1. The Morgan fingerprint density at radius 2 is 2.12 bits per heavy atom. The molecule has 2 fully saturated rings.